The molecule has 0 unspecified atom stereocenters. The summed E-state index contributed by atoms with van der Waals surface area (Å²) in [5.74, 6) is 0.283. The molecule has 5 heteroatoms. The maximum atomic E-state index is 12.6. The van der Waals surface area contributed by atoms with Gasteiger partial charge in [0.2, 0.25) is 0 Å². The van der Waals surface area contributed by atoms with Gasteiger partial charge in [-0.3, -0.25) is 9.59 Å². The van der Waals surface area contributed by atoms with Gasteiger partial charge in [0.25, 0.3) is 11.8 Å². The molecule has 2 amide bonds. The summed E-state index contributed by atoms with van der Waals surface area (Å²) < 4.78 is 5.80. The number of rotatable bonds is 8. The number of ether oxygens (including phenoxy) is 1. The SMILES string of the molecule is CC(C)NC(=O)c1ccc(NC(=O)c2cccc(OCCc3ccccc3)c2)cc1. The second kappa shape index (κ2) is 10.3. The Morgan fingerprint density at radius 1 is 0.833 bits per heavy atom. The van der Waals surface area contributed by atoms with Crippen molar-refractivity contribution in [1.82, 2.24) is 5.32 Å². The number of hydrogen-bond donors (Lipinski definition) is 2. The highest BCUT2D eigenvalue weighted by Gasteiger charge is 2.10. The maximum absolute atomic E-state index is 12.6. The van der Waals surface area contributed by atoms with E-state index in [-0.39, 0.29) is 17.9 Å². The zero-order valence-corrected chi connectivity index (χ0v) is 17.2. The molecule has 3 rings (SSSR count). The van der Waals surface area contributed by atoms with Crippen LogP contribution < -0.4 is 15.4 Å². The van der Waals surface area contributed by atoms with Gasteiger partial charge in [0.15, 0.2) is 0 Å². The van der Waals surface area contributed by atoms with Crippen LogP contribution in [0.25, 0.3) is 0 Å². The summed E-state index contributed by atoms with van der Waals surface area (Å²) in [6.45, 7) is 4.35. The third kappa shape index (κ3) is 6.21. The van der Waals surface area contributed by atoms with Gasteiger partial charge in [-0.2, -0.15) is 0 Å². The van der Waals surface area contributed by atoms with Crippen molar-refractivity contribution >= 4 is 17.5 Å². The normalized spacial score (nSPS) is 10.5. The number of benzene rings is 3. The lowest BCUT2D eigenvalue weighted by Crippen LogP contribution is -2.30. The van der Waals surface area contributed by atoms with E-state index in [2.05, 4.69) is 22.8 Å². The maximum Gasteiger partial charge on any atom is 0.255 e. The molecule has 30 heavy (non-hydrogen) atoms. The van der Waals surface area contributed by atoms with Crippen LogP contribution in [-0.4, -0.2) is 24.5 Å². The monoisotopic (exact) mass is 402 g/mol. The van der Waals surface area contributed by atoms with E-state index < -0.39 is 0 Å². The number of anilines is 1. The topological polar surface area (TPSA) is 67.4 Å². The highest BCUT2D eigenvalue weighted by atomic mass is 16.5. The van der Waals surface area contributed by atoms with Crippen molar-refractivity contribution in [1.29, 1.82) is 0 Å². The number of carbonyl (C=O) groups excluding carboxylic acids is 2. The molecule has 154 valence electrons. The first-order valence-electron chi connectivity index (χ1n) is 10.0. The Morgan fingerprint density at radius 3 is 2.27 bits per heavy atom. The van der Waals surface area contributed by atoms with E-state index in [9.17, 15) is 9.59 Å². The predicted molar refractivity (Wildman–Crippen MR) is 119 cm³/mol. The molecule has 2 N–H and O–H groups in total. The van der Waals surface area contributed by atoms with Crippen LogP contribution >= 0.6 is 0 Å². The molecule has 0 radical (unpaired) electrons. The summed E-state index contributed by atoms with van der Waals surface area (Å²) in [6, 6.07) is 24.1. The molecule has 0 aliphatic heterocycles. The van der Waals surface area contributed by atoms with E-state index in [0.29, 0.717) is 29.2 Å². The standard InChI is InChI=1S/C25H26N2O3/c1-18(2)26-24(28)20-11-13-22(14-12-20)27-25(29)21-9-6-10-23(17-21)30-16-15-19-7-4-3-5-8-19/h3-14,17-18H,15-16H2,1-2H3,(H,26,28)(H,27,29). The molecule has 0 heterocycles. The Morgan fingerprint density at radius 2 is 1.57 bits per heavy atom. The van der Waals surface area contributed by atoms with Gasteiger partial charge in [0.1, 0.15) is 5.75 Å². The van der Waals surface area contributed by atoms with Gasteiger partial charge in [-0.05, 0) is 61.9 Å². The molecule has 0 spiro atoms. The van der Waals surface area contributed by atoms with Crippen LogP contribution in [0.3, 0.4) is 0 Å². The van der Waals surface area contributed by atoms with Crippen LogP contribution in [0.1, 0.15) is 40.1 Å². The van der Waals surface area contributed by atoms with Crippen LogP contribution in [0.5, 0.6) is 5.75 Å². The van der Waals surface area contributed by atoms with Gasteiger partial charge in [0, 0.05) is 29.3 Å². The Kier molecular flexibility index (Phi) is 7.22. The predicted octanol–water partition coefficient (Wildman–Crippen LogP) is 4.70. The minimum Gasteiger partial charge on any atom is -0.493 e. The van der Waals surface area contributed by atoms with Crippen molar-refractivity contribution < 1.29 is 14.3 Å². The largest absolute Gasteiger partial charge is 0.493 e. The van der Waals surface area contributed by atoms with Crippen LogP contribution in [0, 0.1) is 0 Å². The molecule has 3 aromatic rings. The van der Waals surface area contributed by atoms with Crippen LogP contribution in [0.4, 0.5) is 5.69 Å². The molecule has 0 aliphatic rings. The van der Waals surface area contributed by atoms with Crippen molar-refractivity contribution in [3.8, 4) is 5.75 Å². The van der Waals surface area contributed by atoms with Gasteiger partial charge in [-0.25, -0.2) is 0 Å². The quantitative estimate of drug-likeness (QED) is 0.574. The van der Waals surface area contributed by atoms with Crippen LogP contribution in [0.2, 0.25) is 0 Å². The van der Waals surface area contributed by atoms with Gasteiger partial charge in [-0.1, -0.05) is 36.4 Å². The molecule has 0 fully saturated rings. The summed E-state index contributed by atoms with van der Waals surface area (Å²) in [5, 5.41) is 5.69. The first-order valence-corrected chi connectivity index (χ1v) is 10.0. The fraction of sp³-hybridized carbons (Fsp3) is 0.200. The Balaban J connectivity index is 1.56. The first-order chi connectivity index (χ1) is 14.5. The van der Waals surface area contributed by atoms with E-state index in [0.717, 1.165) is 6.42 Å². The molecule has 5 nitrogen and oxygen atoms in total. The van der Waals surface area contributed by atoms with Crippen LogP contribution in [0.15, 0.2) is 78.9 Å². The van der Waals surface area contributed by atoms with E-state index in [1.165, 1.54) is 5.56 Å². The Hall–Kier alpha value is -3.60. The van der Waals surface area contributed by atoms with Crippen molar-refractivity contribution in [2.45, 2.75) is 26.3 Å². The van der Waals surface area contributed by atoms with Crippen LogP contribution in [-0.2, 0) is 6.42 Å². The lowest BCUT2D eigenvalue weighted by atomic mass is 10.1. The van der Waals surface area contributed by atoms with Gasteiger partial charge in [-0.15, -0.1) is 0 Å². The second-order valence-electron chi connectivity index (χ2n) is 7.27. The van der Waals surface area contributed by atoms with Crippen molar-refractivity contribution in [2.75, 3.05) is 11.9 Å². The summed E-state index contributed by atoms with van der Waals surface area (Å²) in [6.07, 6.45) is 0.800. The van der Waals surface area contributed by atoms with E-state index in [1.54, 1.807) is 42.5 Å². The van der Waals surface area contributed by atoms with Gasteiger partial charge in [0.05, 0.1) is 6.61 Å². The highest BCUT2D eigenvalue weighted by molar-refractivity contribution is 6.04. The first kappa shape index (κ1) is 21.1. The highest BCUT2D eigenvalue weighted by Crippen LogP contribution is 2.16. The van der Waals surface area contributed by atoms with E-state index in [4.69, 9.17) is 4.74 Å². The minimum atomic E-state index is -0.233. The van der Waals surface area contributed by atoms with Crippen molar-refractivity contribution in [2.24, 2.45) is 0 Å². The fourth-order valence-electron chi connectivity index (χ4n) is 2.91. The molecule has 0 saturated carbocycles. The lowest BCUT2D eigenvalue weighted by molar-refractivity contribution is 0.0942. The molecular formula is C25H26N2O3. The summed E-state index contributed by atoms with van der Waals surface area (Å²) >= 11 is 0. The number of nitrogens with one attached hydrogen (secondary N) is 2. The minimum absolute atomic E-state index is 0.0686. The summed E-state index contributed by atoms with van der Waals surface area (Å²) in [5.41, 5.74) is 2.89. The Bertz CT molecular complexity index is 983. The smallest absolute Gasteiger partial charge is 0.255 e. The molecular weight excluding hydrogens is 376 g/mol. The van der Waals surface area contributed by atoms with E-state index in [1.807, 2.05) is 38.1 Å². The number of carbonyl (C=O) groups is 2. The summed E-state index contributed by atoms with van der Waals surface area (Å²) in [4.78, 5) is 24.6. The second-order valence-corrected chi connectivity index (χ2v) is 7.27. The lowest BCUT2D eigenvalue weighted by Gasteiger charge is -2.10. The molecule has 0 atom stereocenters. The van der Waals surface area contributed by atoms with Crippen molar-refractivity contribution in [3.05, 3.63) is 95.6 Å². The number of hydrogen-bond acceptors (Lipinski definition) is 3. The molecule has 0 bridgehead atoms. The molecule has 0 saturated heterocycles. The van der Waals surface area contributed by atoms with Gasteiger partial charge < -0.3 is 15.4 Å². The number of amides is 2. The molecule has 0 aromatic heterocycles. The molecule has 0 aliphatic carbocycles. The zero-order chi connectivity index (χ0) is 21.3. The average molecular weight is 402 g/mol. The molecule has 3 aromatic carbocycles. The third-order valence-electron chi connectivity index (χ3n) is 4.42. The van der Waals surface area contributed by atoms with E-state index >= 15 is 0 Å². The summed E-state index contributed by atoms with van der Waals surface area (Å²) in [7, 11) is 0. The average Bonchev–Trinajstić information content (AvgIpc) is 2.75. The zero-order valence-electron chi connectivity index (χ0n) is 17.2. The van der Waals surface area contributed by atoms with Gasteiger partial charge >= 0.3 is 0 Å². The van der Waals surface area contributed by atoms with Crippen molar-refractivity contribution in [3.63, 3.8) is 0 Å². The third-order valence-corrected chi connectivity index (χ3v) is 4.42. The fourth-order valence-corrected chi connectivity index (χ4v) is 2.91. The Labute approximate surface area is 177 Å².